The average Bonchev–Trinajstić information content (AvgIpc) is 3.32. The minimum atomic E-state index is 0.343. The van der Waals surface area contributed by atoms with Gasteiger partial charge in [0.15, 0.2) is 5.16 Å². The first-order valence-corrected chi connectivity index (χ1v) is 10.8. The Hall–Kier alpha value is -1.89. The lowest BCUT2D eigenvalue weighted by atomic mass is 10.1. The van der Waals surface area contributed by atoms with Gasteiger partial charge < -0.3 is 9.30 Å². The highest BCUT2D eigenvalue weighted by Gasteiger charge is 2.19. The van der Waals surface area contributed by atoms with Gasteiger partial charge in [0.1, 0.15) is 5.82 Å². The van der Waals surface area contributed by atoms with E-state index in [2.05, 4.69) is 70.6 Å². The van der Waals surface area contributed by atoms with E-state index in [1.165, 1.54) is 11.1 Å². The van der Waals surface area contributed by atoms with Gasteiger partial charge in [-0.1, -0.05) is 59.8 Å². The normalized spacial score (nSPS) is 17.4. The number of aromatic nitrogens is 3. The van der Waals surface area contributed by atoms with Crippen LogP contribution >= 0.6 is 11.8 Å². The summed E-state index contributed by atoms with van der Waals surface area (Å²) in [6, 6.07) is 10.4. The van der Waals surface area contributed by atoms with Gasteiger partial charge in [0.25, 0.3) is 0 Å². The zero-order valence-electron chi connectivity index (χ0n) is 16.9. The van der Waals surface area contributed by atoms with Gasteiger partial charge in [-0.25, -0.2) is 0 Å². The minimum absolute atomic E-state index is 0.343. The molecule has 1 fully saturated rings. The number of thioether (sulfide) groups is 1. The molecule has 3 rings (SSSR count). The van der Waals surface area contributed by atoms with Crippen LogP contribution in [0.4, 0.5) is 0 Å². The maximum absolute atomic E-state index is 5.73. The Morgan fingerprint density at radius 3 is 2.89 bits per heavy atom. The zero-order valence-corrected chi connectivity index (χ0v) is 17.7. The van der Waals surface area contributed by atoms with E-state index in [9.17, 15) is 0 Å². The first kappa shape index (κ1) is 20.8. The van der Waals surface area contributed by atoms with Crippen LogP contribution in [0.15, 0.2) is 53.7 Å². The molecule has 2 heterocycles. The van der Waals surface area contributed by atoms with Crippen molar-refractivity contribution in [3.05, 3.63) is 59.9 Å². The van der Waals surface area contributed by atoms with E-state index >= 15 is 0 Å². The van der Waals surface area contributed by atoms with Gasteiger partial charge in [-0.2, -0.15) is 0 Å². The maximum Gasteiger partial charge on any atom is 0.191 e. The molecule has 0 spiro atoms. The average molecular weight is 399 g/mol. The molecular formula is C22H30N4OS. The minimum Gasteiger partial charge on any atom is -0.377 e. The second-order valence-corrected chi connectivity index (χ2v) is 8.30. The van der Waals surface area contributed by atoms with Crippen molar-refractivity contribution in [2.75, 3.05) is 26.0 Å². The predicted octanol–water partition coefficient (Wildman–Crippen LogP) is 4.27. The fraction of sp³-hybridized carbons (Fsp3) is 0.455. The number of likely N-dealkylation sites (N-methyl/N-ethyl adjacent to an activating group) is 1. The number of rotatable bonds is 10. The van der Waals surface area contributed by atoms with E-state index in [1.807, 2.05) is 12.1 Å². The third-order valence-corrected chi connectivity index (χ3v) is 5.77. The van der Waals surface area contributed by atoms with Crippen LogP contribution in [0.1, 0.15) is 31.2 Å². The van der Waals surface area contributed by atoms with Gasteiger partial charge in [-0.15, -0.1) is 16.8 Å². The van der Waals surface area contributed by atoms with Crippen molar-refractivity contribution >= 4 is 17.8 Å². The first-order chi connectivity index (χ1) is 13.7. The summed E-state index contributed by atoms with van der Waals surface area (Å²) >= 11 is 1.73. The fourth-order valence-electron chi connectivity index (χ4n) is 3.40. The molecule has 1 aliphatic rings. The SMILES string of the molecule is C=CCn1c(CN(C)CC(C)=Cc2ccccc2)nnc1SCC1CCCO1. The van der Waals surface area contributed by atoms with Crippen LogP contribution in [0.2, 0.25) is 0 Å². The summed E-state index contributed by atoms with van der Waals surface area (Å²) in [4.78, 5) is 2.27. The van der Waals surface area contributed by atoms with E-state index < -0.39 is 0 Å². The lowest BCUT2D eigenvalue weighted by Crippen LogP contribution is -2.22. The lowest BCUT2D eigenvalue weighted by molar-refractivity contribution is 0.129. The highest BCUT2D eigenvalue weighted by Crippen LogP contribution is 2.23. The van der Waals surface area contributed by atoms with E-state index in [0.29, 0.717) is 6.10 Å². The molecule has 0 radical (unpaired) electrons. The summed E-state index contributed by atoms with van der Waals surface area (Å²) < 4.78 is 7.89. The van der Waals surface area contributed by atoms with Gasteiger partial charge in [-0.05, 0) is 32.4 Å². The number of allylic oxidation sites excluding steroid dienone is 1. The van der Waals surface area contributed by atoms with Crippen LogP contribution in [-0.2, 0) is 17.8 Å². The van der Waals surface area contributed by atoms with Crippen molar-refractivity contribution in [1.29, 1.82) is 0 Å². The van der Waals surface area contributed by atoms with E-state index in [1.54, 1.807) is 11.8 Å². The molecule has 28 heavy (non-hydrogen) atoms. The number of hydrogen-bond acceptors (Lipinski definition) is 5. The smallest absolute Gasteiger partial charge is 0.191 e. The monoisotopic (exact) mass is 398 g/mol. The van der Waals surface area contributed by atoms with Gasteiger partial charge >= 0.3 is 0 Å². The Morgan fingerprint density at radius 2 is 2.18 bits per heavy atom. The number of benzene rings is 1. The molecule has 1 aromatic heterocycles. The predicted molar refractivity (Wildman–Crippen MR) is 116 cm³/mol. The molecule has 1 unspecified atom stereocenters. The zero-order chi connectivity index (χ0) is 19.8. The molecule has 1 atom stereocenters. The Morgan fingerprint density at radius 1 is 1.36 bits per heavy atom. The van der Waals surface area contributed by atoms with Crippen LogP contribution in [0.25, 0.3) is 6.08 Å². The van der Waals surface area contributed by atoms with Crippen molar-refractivity contribution in [2.24, 2.45) is 0 Å². The lowest BCUT2D eigenvalue weighted by Gasteiger charge is -2.17. The molecule has 5 nitrogen and oxygen atoms in total. The van der Waals surface area contributed by atoms with Gasteiger partial charge in [-0.3, -0.25) is 4.90 Å². The summed E-state index contributed by atoms with van der Waals surface area (Å²) in [7, 11) is 2.12. The molecule has 1 saturated heterocycles. The van der Waals surface area contributed by atoms with Crippen molar-refractivity contribution < 1.29 is 4.74 Å². The summed E-state index contributed by atoms with van der Waals surface area (Å²) in [5.41, 5.74) is 2.55. The molecule has 0 saturated carbocycles. The molecule has 1 aromatic carbocycles. The number of nitrogens with zero attached hydrogens (tertiary/aromatic N) is 4. The molecular weight excluding hydrogens is 368 g/mol. The van der Waals surface area contributed by atoms with Crippen LogP contribution in [0.3, 0.4) is 0 Å². The Kier molecular flexibility index (Phi) is 7.89. The Balaban J connectivity index is 1.60. The third-order valence-electron chi connectivity index (χ3n) is 4.67. The number of ether oxygens (including phenoxy) is 1. The molecule has 0 aliphatic carbocycles. The van der Waals surface area contributed by atoms with E-state index in [0.717, 1.165) is 55.8 Å². The summed E-state index contributed by atoms with van der Waals surface area (Å²) in [6.45, 7) is 9.31. The van der Waals surface area contributed by atoms with Crippen LogP contribution in [0.5, 0.6) is 0 Å². The molecule has 1 aliphatic heterocycles. The largest absolute Gasteiger partial charge is 0.377 e. The highest BCUT2D eigenvalue weighted by molar-refractivity contribution is 7.99. The van der Waals surface area contributed by atoms with Crippen molar-refractivity contribution in [1.82, 2.24) is 19.7 Å². The molecule has 6 heteroatoms. The highest BCUT2D eigenvalue weighted by atomic mass is 32.2. The molecule has 150 valence electrons. The van der Waals surface area contributed by atoms with Crippen molar-refractivity contribution in [3.63, 3.8) is 0 Å². The van der Waals surface area contributed by atoms with Crippen LogP contribution < -0.4 is 0 Å². The third kappa shape index (κ3) is 6.06. The maximum atomic E-state index is 5.73. The van der Waals surface area contributed by atoms with Crippen molar-refractivity contribution in [3.8, 4) is 0 Å². The molecule has 2 aromatic rings. The van der Waals surface area contributed by atoms with E-state index in [-0.39, 0.29) is 0 Å². The standard InChI is InChI=1S/C22H30N4OS/c1-4-12-26-21(23-24-22(26)28-17-20-11-8-13-27-20)16-25(3)15-18(2)14-19-9-6-5-7-10-19/h4-7,9-10,14,20H,1,8,11-13,15-17H2,2-3H3. The van der Waals surface area contributed by atoms with Crippen LogP contribution in [-0.4, -0.2) is 51.7 Å². The molecule has 0 amide bonds. The van der Waals surface area contributed by atoms with Crippen molar-refractivity contribution in [2.45, 2.75) is 44.1 Å². The number of hydrogen-bond donors (Lipinski definition) is 0. The first-order valence-electron chi connectivity index (χ1n) is 9.84. The molecule has 0 bridgehead atoms. The molecule has 0 N–H and O–H groups in total. The Bertz CT molecular complexity index is 781. The second kappa shape index (κ2) is 10.6. The van der Waals surface area contributed by atoms with E-state index in [4.69, 9.17) is 4.74 Å². The second-order valence-electron chi connectivity index (χ2n) is 7.32. The van der Waals surface area contributed by atoms with Gasteiger partial charge in [0, 0.05) is 25.4 Å². The summed E-state index contributed by atoms with van der Waals surface area (Å²) in [5.74, 6) is 1.91. The van der Waals surface area contributed by atoms with Crippen LogP contribution in [0, 0.1) is 0 Å². The van der Waals surface area contributed by atoms with Gasteiger partial charge in [0.2, 0.25) is 0 Å². The topological polar surface area (TPSA) is 43.2 Å². The summed E-state index contributed by atoms with van der Waals surface area (Å²) in [5, 5.41) is 9.83. The quantitative estimate of drug-likeness (QED) is 0.442. The fourth-order valence-corrected chi connectivity index (χ4v) is 4.43. The summed E-state index contributed by atoms with van der Waals surface area (Å²) in [6.07, 6.45) is 6.79. The van der Waals surface area contributed by atoms with Gasteiger partial charge in [0.05, 0.1) is 12.6 Å². The Labute approximate surface area is 172 Å².